The highest BCUT2D eigenvalue weighted by Crippen LogP contribution is 2.30. The molecule has 1 aromatic rings. The van der Waals surface area contributed by atoms with Gasteiger partial charge in [0.25, 0.3) is 0 Å². The van der Waals surface area contributed by atoms with Crippen LogP contribution >= 0.6 is 0 Å². The molecule has 2 rings (SSSR count). The van der Waals surface area contributed by atoms with E-state index in [1.54, 1.807) is 12.1 Å². The van der Waals surface area contributed by atoms with Gasteiger partial charge in [-0.2, -0.15) is 0 Å². The molecule has 0 bridgehead atoms. The van der Waals surface area contributed by atoms with Gasteiger partial charge in [0.15, 0.2) is 11.6 Å². The van der Waals surface area contributed by atoms with Gasteiger partial charge < -0.3 is 9.84 Å². The number of aliphatic hydroxyl groups excluding tert-OH is 1. The summed E-state index contributed by atoms with van der Waals surface area (Å²) in [5, 5.41) is 11.5. The molecule has 0 amide bonds. The number of aryl methyl sites for hydroxylation is 1. The van der Waals surface area contributed by atoms with Crippen molar-refractivity contribution in [3.8, 4) is 5.75 Å². The lowest BCUT2D eigenvalue weighted by Crippen LogP contribution is -2.24. The number of unbranched alkanes of at least 4 members (excludes halogenated alkanes) is 1. The van der Waals surface area contributed by atoms with Crippen LogP contribution in [0.4, 0.5) is 4.39 Å². The number of hydrogen-bond acceptors (Lipinski definition) is 3. The zero-order valence-corrected chi connectivity index (χ0v) is 17.7. The van der Waals surface area contributed by atoms with Gasteiger partial charge in [-0.25, -0.2) is 4.39 Å². The lowest BCUT2D eigenvalue weighted by molar-refractivity contribution is 0.253. The van der Waals surface area contributed by atoms with Gasteiger partial charge in [-0.15, -0.1) is 0 Å². The van der Waals surface area contributed by atoms with Gasteiger partial charge in [-0.1, -0.05) is 39.0 Å². The third-order valence-electron chi connectivity index (χ3n) is 4.39. The number of benzene rings is 1. The molecule has 1 fully saturated rings. The summed E-state index contributed by atoms with van der Waals surface area (Å²) < 4.78 is 18.5. The van der Waals surface area contributed by atoms with Crippen LogP contribution in [-0.4, -0.2) is 24.5 Å². The molecule has 0 aliphatic heterocycles. The summed E-state index contributed by atoms with van der Waals surface area (Å²) in [6.45, 7) is 11.5. The van der Waals surface area contributed by atoms with Crippen molar-refractivity contribution < 1.29 is 15.7 Å². The largest absolute Gasteiger partial charge is 0.490 e. The van der Waals surface area contributed by atoms with Crippen LogP contribution in [-0.2, 0) is 0 Å². The Balaban J connectivity index is 0.000000503. The minimum atomic E-state index is -0.258. The molecule has 0 unspecified atom stereocenters. The summed E-state index contributed by atoms with van der Waals surface area (Å²) in [6, 6.07) is 5.23. The Morgan fingerprint density at radius 1 is 1.37 bits per heavy atom. The van der Waals surface area contributed by atoms with Crippen LogP contribution < -0.4 is 10.1 Å². The van der Waals surface area contributed by atoms with Crippen molar-refractivity contribution in [2.75, 3.05) is 13.3 Å². The molecule has 3 nitrogen and oxygen atoms in total. The van der Waals surface area contributed by atoms with Gasteiger partial charge in [-0.3, -0.25) is 5.32 Å². The molecule has 0 radical (unpaired) electrons. The van der Waals surface area contributed by atoms with Crippen LogP contribution in [0, 0.1) is 24.1 Å². The highest BCUT2D eigenvalue weighted by atomic mass is 19.1. The first-order valence-electron chi connectivity index (χ1n) is 10.1. The second-order valence-electron chi connectivity index (χ2n) is 8.72. The first kappa shape index (κ1) is 23.6. The summed E-state index contributed by atoms with van der Waals surface area (Å²) in [7, 11) is 0. The predicted molar refractivity (Wildman–Crippen MR) is 114 cm³/mol. The molecule has 1 atom stereocenters. The average molecular weight is 382 g/mol. The fourth-order valence-electron chi connectivity index (χ4n) is 2.48. The summed E-state index contributed by atoms with van der Waals surface area (Å²) in [5.74, 6) is 0.804. The number of halogens is 1. The molecule has 1 aromatic carbocycles. The molecule has 0 saturated heterocycles. The first-order valence-corrected chi connectivity index (χ1v) is 10.1. The van der Waals surface area contributed by atoms with Crippen LogP contribution in [0.5, 0.6) is 5.75 Å². The van der Waals surface area contributed by atoms with Gasteiger partial charge in [0.1, 0.15) is 0 Å². The maximum Gasteiger partial charge on any atom is 0.165 e. The molecule has 0 aromatic heterocycles. The number of ether oxygens (including phenoxy) is 1. The Labute approximate surface area is 166 Å². The molecular weight excluding hydrogens is 341 g/mol. The van der Waals surface area contributed by atoms with E-state index >= 15 is 0 Å². The Bertz CT molecular complexity index is 568. The normalized spacial score (nSPS) is 15.4. The van der Waals surface area contributed by atoms with Crippen molar-refractivity contribution in [1.29, 1.82) is 0 Å². The minimum absolute atomic E-state index is 0. The number of aliphatic hydroxyl groups is 1. The summed E-state index contributed by atoms with van der Waals surface area (Å²) >= 11 is 0. The second-order valence-corrected chi connectivity index (χ2v) is 8.72. The molecule has 4 heteroatoms. The van der Waals surface area contributed by atoms with Crippen molar-refractivity contribution in [3.05, 3.63) is 41.7 Å². The fourth-order valence-corrected chi connectivity index (χ4v) is 2.48. The first-order chi connectivity index (χ1) is 12.7. The molecule has 27 heavy (non-hydrogen) atoms. The maximum absolute atomic E-state index is 13.1. The van der Waals surface area contributed by atoms with E-state index < -0.39 is 0 Å². The van der Waals surface area contributed by atoms with E-state index in [-0.39, 0.29) is 20.0 Å². The Morgan fingerprint density at radius 2 is 2.07 bits per heavy atom. The van der Waals surface area contributed by atoms with Gasteiger partial charge >= 0.3 is 0 Å². The highest BCUT2D eigenvalue weighted by molar-refractivity contribution is 5.29. The Hall–Kier alpha value is -1.39. The smallest absolute Gasteiger partial charge is 0.165 e. The zero-order valence-electron chi connectivity index (χ0n) is 17.7. The van der Waals surface area contributed by atoms with E-state index in [4.69, 9.17) is 9.84 Å². The molecular formula is C23H40FNO2. The predicted octanol–water partition coefficient (Wildman–Crippen LogP) is 5.86. The quantitative estimate of drug-likeness (QED) is 0.320. The molecule has 1 saturated carbocycles. The lowest BCUT2D eigenvalue weighted by Gasteiger charge is -2.16. The SMILES string of the molecule is C[C@@H](/C=C/CCCC(C)(C)C)NCO.Cc1ccc(F)c(OCC2CC2)c1.[HH]. The summed E-state index contributed by atoms with van der Waals surface area (Å²) in [4.78, 5) is 0. The third kappa shape index (κ3) is 12.6. The summed E-state index contributed by atoms with van der Waals surface area (Å²) in [6.07, 6.45) is 10.4. The molecule has 1 aliphatic carbocycles. The van der Waals surface area contributed by atoms with E-state index in [0.717, 1.165) is 12.0 Å². The second kappa shape index (κ2) is 12.1. The van der Waals surface area contributed by atoms with Crippen LogP contribution in [0.1, 0.15) is 66.8 Å². The molecule has 1 aliphatic rings. The van der Waals surface area contributed by atoms with Crippen molar-refractivity contribution in [3.63, 3.8) is 0 Å². The number of rotatable bonds is 9. The summed E-state index contributed by atoms with van der Waals surface area (Å²) in [5.41, 5.74) is 1.48. The molecule has 0 heterocycles. The average Bonchev–Trinajstić information content (AvgIpc) is 3.39. The van der Waals surface area contributed by atoms with Gasteiger partial charge in [0.05, 0.1) is 13.3 Å². The Morgan fingerprint density at radius 3 is 2.67 bits per heavy atom. The third-order valence-corrected chi connectivity index (χ3v) is 4.39. The van der Waals surface area contributed by atoms with Gasteiger partial charge in [0.2, 0.25) is 0 Å². The van der Waals surface area contributed by atoms with Gasteiger partial charge in [-0.05, 0) is 75.0 Å². The topological polar surface area (TPSA) is 41.5 Å². The number of hydrogen-bond donors (Lipinski definition) is 2. The van der Waals surface area contributed by atoms with Crippen LogP contribution in [0.2, 0.25) is 0 Å². The van der Waals surface area contributed by atoms with E-state index in [2.05, 4.69) is 38.2 Å². The van der Waals surface area contributed by atoms with Crippen LogP contribution in [0.15, 0.2) is 30.4 Å². The van der Waals surface area contributed by atoms with E-state index in [1.807, 2.05) is 13.8 Å². The highest BCUT2D eigenvalue weighted by Gasteiger charge is 2.22. The van der Waals surface area contributed by atoms with Crippen molar-refractivity contribution in [2.45, 2.75) is 72.8 Å². The number of nitrogens with one attached hydrogen (secondary N) is 1. The van der Waals surface area contributed by atoms with E-state index in [9.17, 15) is 4.39 Å². The monoisotopic (exact) mass is 381 g/mol. The standard InChI is InChI=1S/C12H25NO.C11H13FO.H2/c1-11(13-10-14)8-6-5-7-9-12(2,3)4;1-8-2-5-10(12)11(6-8)13-7-9-3-4-9;/h6,8,11,13-14H,5,7,9-10H2,1-4H3;2,5-6,9H,3-4,7H2,1H3;1H/b8-6+;;/t11-;;/m0../s1. The van der Waals surface area contributed by atoms with Crippen LogP contribution in [0.25, 0.3) is 0 Å². The Kier molecular flexibility index (Phi) is 10.6. The van der Waals surface area contributed by atoms with Crippen molar-refractivity contribution >= 4 is 0 Å². The van der Waals surface area contributed by atoms with Crippen LogP contribution in [0.3, 0.4) is 0 Å². The van der Waals surface area contributed by atoms with Crippen molar-refractivity contribution in [1.82, 2.24) is 5.32 Å². The van der Waals surface area contributed by atoms with Gasteiger partial charge in [0, 0.05) is 7.47 Å². The maximum atomic E-state index is 13.1. The zero-order chi connectivity index (χ0) is 20.3. The molecule has 0 spiro atoms. The lowest BCUT2D eigenvalue weighted by atomic mass is 9.90. The van der Waals surface area contributed by atoms with E-state index in [0.29, 0.717) is 23.7 Å². The minimum Gasteiger partial charge on any atom is -0.490 e. The number of allylic oxidation sites excluding steroid dienone is 1. The molecule has 2 N–H and O–H groups in total. The fraction of sp³-hybridized carbons (Fsp3) is 0.652. The van der Waals surface area contributed by atoms with E-state index in [1.165, 1.54) is 31.7 Å². The molecule has 156 valence electrons. The van der Waals surface area contributed by atoms with Crippen molar-refractivity contribution in [2.24, 2.45) is 11.3 Å².